The molecule has 3 nitrogen and oxygen atoms in total. The van der Waals surface area contributed by atoms with E-state index in [1.807, 2.05) is 20.8 Å². The third-order valence-corrected chi connectivity index (χ3v) is 3.01. The Balaban J connectivity index is 2.34. The molecule has 0 spiro atoms. The van der Waals surface area contributed by atoms with E-state index in [1.54, 1.807) is 12.1 Å². The fourth-order valence-corrected chi connectivity index (χ4v) is 1.94. The van der Waals surface area contributed by atoms with E-state index in [-0.39, 0.29) is 11.9 Å². The Morgan fingerprint density at radius 2 is 1.86 bits per heavy atom. The molecule has 1 N–H and O–H groups in total. The first-order valence-corrected chi connectivity index (χ1v) is 7.35. The maximum atomic E-state index is 12.9. The van der Waals surface area contributed by atoms with Crippen LogP contribution in [0.2, 0.25) is 0 Å². The lowest BCUT2D eigenvalue weighted by molar-refractivity contribution is 0.0527. The molecule has 0 aliphatic heterocycles. The van der Waals surface area contributed by atoms with Gasteiger partial charge >= 0.3 is 6.09 Å². The summed E-state index contributed by atoms with van der Waals surface area (Å²) in [5.74, 6) is 1.10. The van der Waals surface area contributed by atoms with Crippen molar-refractivity contribution in [3.63, 3.8) is 0 Å². The normalized spacial score (nSPS) is 11.5. The Kier molecular flexibility index (Phi) is 6.66. The molecule has 1 radical (unpaired) electrons. The number of amides is 1. The third-order valence-electron chi connectivity index (χ3n) is 3.01. The van der Waals surface area contributed by atoms with E-state index in [2.05, 4.69) is 12.2 Å². The van der Waals surface area contributed by atoms with Crippen LogP contribution in [0.15, 0.2) is 24.3 Å². The van der Waals surface area contributed by atoms with E-state index in [0.717, 1.165) is 24.8 Å². The first kappa shape index (κ1) is 17.5. The van der Waals surface area contributed by atoms with Gasteiger partial charge in [0.1, 0.15) is 11.4 Å². The van der Waals surface area contributed by atoms with E-state index in [9.17, 15) is 9.18 Å². The SMILES string of the molecule is CC[C](CCNC(=O)OC(C)(C)C)Cc1ccc(F)cc1. The van der Waals surface area contributed by atoms with Gasteiger partial charge in [0.2, 0.25) is 0 Å². The zero-order valence-corrected chi connectivity index (χ0v) is 13.3. The van der Waals surface area contributed by atoms with E-state index < -0.39 is 5.60 Å². The molecule has 1 amide bonds. The molecule has 0 heterocycles. The lowest BCUT2D eigenvalue weighted by Gasteiger charge is -2.20. The summed E-state index contributed by atoms with van der Waals surface area (Å²) in [5, 5.41) is 2.76. The molecule has 4 heteroatoms. The van der Waals surface area contributed by atoms with Gasteiger partial charge in [-0.3, -0.25) is 0 Å². The molecule has 0 atom stereocenters. The first-order valence-electron chi connectivity index (χ1n) is 7.35. The molecule has 1 aromatic rings. The van der Waals surface area contributed by atoms with E-state index >= 15 is 0 Å². The molecule has 1 aromatic carbocycles. The van der Waals surface area contributed by atoms with Gasteiger partial charge in [0.15, 0.2) is 0 Å². The molecule has 0 bridgehead atoms. The highest BCUT2D eigenvalue weighted by molar-refractivity contribution is 5.67. The lowest BCUT2D eigenvalue weighted by atomic mass is 9.94. The van der Waals surface area contributed by atoms with Crippen LogP contribution in [-0.4, -0.2) is 18.2 Å². The third kappa shape index (κ3) is 7.69. The Labute approximate surface area is 126 Å². The highest BCUT2D eigenvalue weighted by Crippen LogP contribution is 2.18. The van der Waals surface area contributed by atoms with Crippen LogP contribution in [0.5, 0.6) is 0 Å². The highest BCUT2D eigenvalue weighted by atomic mass is 19.1. The summed E-state index contributed by atoms with van der Waals surface area (Å²) in [4.78, 5) is 11.5. The second kappa shape index (κ2) is 8.01. The summed E-state index contributed by atoms with van der Waals surface area (Å²) < 4.78 is 18.0. The fourth-order valence-electron chi connectivity index (χ4n) is 1.94. The zero-order chi connectivity index (χ0) is 15.9. The van der Waals surface area contributed by atoms with Crippen molar-refractivity contribution in [2.45, 2.75) is 52.6 Å². The zero-order valence-electron chi connectivity index (χ0n) is 13.3. The van der Waals surface area contributed by atoms with Gasteiger partial charge in [-0.05, 0) is 63.6 Å². The monoisotopic (exact) mass is 294 g/mol. The number of alkyl carbamates (subject to hydrolysis) is 1. The maximum absolute atomic E-state index is 12.9. The van der Waals surface area contributed by atoms with Crippen molar-refractivity contribution < 1.29 is 13.9 Å². The molecule has 0 aromatic heterocycles. The molecule has 1 rings (SSSR count). The van der Waals surface area contributed by atoms with Gasteiger partial charge in [-0.25, -0.2) is 9.18 Å². The number of rotatable bonds is 6. The van der Waals surface area contributed by atoms with Crippen LogP contribution in [-0.2, 0) is 11.2 Å². The van der Waals surface area contributed by atoms with Crippen LogP contribution < -0.4 is 5.32 Å². The van der Waals surface area contributed by atoms with Crippen LogP contribution in [0.25, 0.3) is 0 Å². The number of hydrogen-bond acceptors (Lipinski definition) is 2. The van der Waals surface area contributed by atoms with Crippen molar-refractivity contribution in [2.75, 3.05) is 6.54 Å². The molecule has 0 aliphatic carbocycles. The van der Waals surface area contributed by atoms with Crippen molar-refractivity contribution in [1.82, 2.24) is 5.32 Å². The molecule has 0 unspecified atom stereocenters. The highest BCUT2D eigenvalue weighted by Gasteiger charge is 2.16. The number of ether oxygens (including phenoxy) is 1. The van der Waals surface area contributed by atoms with E-state index in [1.165, 1.54) is 18.1 Å². The summed E-state index contributed by atoms with van der Waals surface area (Å²) in [6, 6.07) is 6.54. The number of halogens is 1. The van der Waals surface area contributed by atoms with E-state index in [4.69, 9.17) is 4.74 Å². The lowest BCUT2D eigenvalue weighted by Crippen LogP contribution is -2.33. The van der Waals surface area contributed by atoms with Crippen LogP contribution in [0, 0.1) is 11.7 Å². The number of nitrogens with one attached hydrogen (secondary N) is 1. The van der Waals surface area contributed by atoms with Gasteiger partial charge in [-0.1, -0.05) is 19.1 Å². The second-order valence-corrected chi connectivity index (χ2v) is 6.09. The molecular formula is C17H25FNO2. The summed E-state index contributed by atoms with van der Waals surface area (Å²) >= 11 is 0. The molecule has 21 heavy (non-hydrogen) atoms. The average molecular weight is 294 g/mol. The Morgan fingerprint density at radius 1 is 1.24 bits per heavy atom. The van der Waals surface area contributed by atoms with Crippen LogP contribution in [0.3, 0.4) is 0 Å². The summed E-state index contributed by atoms with van der Waals surface area (Å²) in [7, 11) is 0. The summed E-state index contributed by atoms with van der Waals surface area (Å²) in [5.41, 5.74) is 0.612. The van der Waals surface area contributed by atoms with Gasteiger partial charge < -0.3 is 10.1 Å². The molecule has 0 saturated heterocycles. The average Bonchev–Trinajstić information content (AvgIpc) is 2.38. The van der Waals surface area contributed by atoms with Crippen molar-refractivity contribution in [3.05, 3.63) is 41.6 Å². The molecule has 0 saturated carbocycles. The molecule has 0 fully saturated rings. The smallest absolute Gasteiger partial charge is 0.407 e. The molecular weight excluding hydrogens is 269 g/mol. The first-order chi connectivity index (χ1) is 9.80. The Morgan fingerprint density at radius 3 is 2.38 bits per heavy atom. The van der Waals surface area contributed by atoms with E-state index in [0.29, 0.717) is 6.54 Å². The van der Waals surface area contributed by atoms with Crippen LogP contribution >= 0.6 is 0 Å². The van der Waals surface area contributed by atoms with Crippen LogP contribution in [0.4, 0.5) is 9.18 Å². The van der Waals surface area contributed by atoms with Crippen molar-refractivity contribution in [2.24, 2.45) is 0 Å². The fraction of sp³-hybridized carbons (Fsp3) is 0.529. The quantitative estimate of drug-likeness (QED) is 0.851. The van der Waals surface area contributed by atoms with Crippen molar-refractivity contribution in [3.8, 4) is 0 Å². The number of benzene rings is 1. The summed E-state index contributed by atoms with van der Waals surface area (Å²) in [6.45, 7) is 8.16. The minimum Gasteiger partial charge on any atom is -0.444 e. The van der Waals surface area contributed by atoms with Crippen LogP contribution in [0.1, 0.15) is 46.1 Å². The van der Waals surface area contributed by atoms with Gasteiger partial charge in [-0.15, -0.1) is 0 Å². The molecule has 0 aliphatic rings. The van der Waals surface area contributed by atoms with Gasteiger partial charge in [0, 0.05) is 6.54 Å². The predicted octanol–water partition coefficient (Wildman–Crippen LogP) is 4.27. The topological polar surface area (TPSA) is 38.3 Å². The maximum Gasteiger partial charge on any atom is 0.407 e. The Bertz CT molecular complexity index is 437. The summed E-state index contributed by atoms with van der Waals surface area (Å²) in [6.07, 6.45) is 2.16. The number of carbonyl (C=O) groups excluding carboxylic acids is 1. The van der Waals surface area contributed by atoms with Gasteiger partial charge in [0.05, 0.1) is 0 Å². The molecule has 117 valence electrons. The minimum absolute atomic E-state index is 0.219. The van der Waals surface area contributed by atoms with Gasteiger partial charge in [-0.2, -0.15) is 0 Å². The second-order valence-electron chi connectivity index (χ2n) is 6.09. The standard InChI is InChI=1S/C17H25FNO2/c1-5-13(12-14-6-8-15(18)9-7-14)10-11-19-16(20)21-17(2,3)4/h6-9H,5,10-12H2,1-4H3,(H,19,20). The Hall–Kier alpha value is -1.58. The predicted molar refractivity (Wildman–Crippen MR) is 82.5 cm³/mol. The largest absolute Gasteiger partial charge is 0.444 e. The van der Waals surface area contributed by atoms with Crippen molar-refractivity contribution in [1.29, 1.82) is 0 Å². The number of hydrogen-bond donors (Lipinski definition) is 1. The van der Waals surface area contributed by atoms with Gasteiger partial charge in [0.25, 0.3) is 0 Å². The number of carbonyl (C=O) groups is 1. The van der Waals surface area contributed by atoms with Crippen molar-refractivity contribution >= 4 is 6.09 Å². The minimum atomic E-state index is -0.477.